The number of fused-ring (bicyclic) bond motifs is 1. The average Bonchev–Trinajstić information content (AvgIpc) is 2.68. The van der Waals surface area contributed by atoms with Crippen molar-refractivity contribution in [3.63, 3.8) is 0 Å². The summed E-state index contributed by atoms with van der Waals surface area (Å²) in [6.45, 7) is 3.91. The molecule has 2 rings (SSSR count). The van der Waals surface area contributed by atoms with Gasteiger partial charge in [0.05, 0.1) is 13.0 Å². The number of aliphatic hydroxyl groups is 1. The molecule has 0 heterocycles. The summed E-state index contributed by atoms with van der Waals surface area (Å²) in [7, 11) is 1.38. The van der Waals surface area contributed by atoms with Gasteiger partial charge in [0.15, 0.2) is 0 Å². The van der Waals surface area contributed by atoms with Crippen molar-refractivity contribution in [2.45, 2.75) is 38.7 Å². The van der Waals surface area contributed by atoms with Gasteiger partial charge in [-0.25, -0.2) is 0 Å². The van der Waals surface area contributed by atoms with Gasteiger partial charge >= 0.3 is 5.97 Å². The Labute approximate surface area is 108 Å². The standard InChI is InChI=1S/C15H20O3/c1-4-12(14(16)18-3)15(17)8-7-11-6-5-10(2)9-13(11)15/h5-6,9,12,17H,4,7-8H2,1-3H3. The van der Waals surface area contributed by atoms with Gasteiger partial charge in [-0.05, 0) is 37.3 Å². The summed E-state index contributed by atoms with van der Waals surface area (Å²) in [5.74, 6) is -0.806. The Morgan fingerprint density at radius 3 is 2.89 bits per heavy atom. The molecule has 0 bridgehead atoms. The van der Waals surface area contributed by atoms with Gasteiger partial charge in [-0.2, -0.15) is 0 Å². The van der Waals surface area contributed by atoms with E-state index >= 15 is 0 Å². The van der Waals surface area contributed by atoms with E-state index in [4.69, 9.17) is 4.74 Å². The Balaban J connectivity index is 2.45. The van der Waals surface area contributed by atoms with Crippen LogP contribution >= 0.6 is 0 Å². The number of hydrogen-bond acceptors (Lipinski definition) is 3. The Hall–Kier alpha value is -1.35. The predicted molar refractivity (Wildman–Crippen MR) is 69.2 cm³/mol. The summed E-state index contributed by atoms with van der Waals surface area (Å²) in [4.78, 5) is 11.8. The first-order valence-corrected chi connectivity index (χ1v) is 6.43. The predicted octanol–water partition coefficient (Wildman–Crippen LogP) is 2.33. The maximum Gasteiger partial charge on any atom is 0.311 e. The number of ether oxygens (including phenoxy) is 1. The Bertz CT molecular complexity index is 467. The lowest BCUT2D eigenvalue weighted by Gasteiger charge is -2.31. The van der Waals surface area contributed by atoms with Gasteiger partial charge in [-0.15, -0.1) is 0 Å². The molecule has 3 heteroatoms. The molecule has 3 nitrogen and oxygen atoms in total. The van der Waals surface area contributed by atoms with E-state index in [1.165, 1.54) is 7.11 Å². The highest BCUT2D eigenvalue weighted by Crippen LogP contribution is 2.44. The van der Waals surface area contributed by atoms with Crippen LogP contribution in [0, 0.1) is 12.8 Å². The molecule has 0 saturated carbocycles. The van der Waals surface area contributed by atoms with Crippen LogP contribution in [-0.2, 0) is 21.6 Å². The number of carbonyl (C=O) groups is 1. The Morgan fingerprint density at radius 1 is 1.56 bits per heavy atom. The van der Waals surface area contributed by atoms with Crippen molar-refractivity contribution in [3.05, 3.63) is 34.9 Å². The number of methoxy groups -OCH3 is 1. The molecule has 1 aliphatic carbocycles. The molecule has 0 saturated heterocycles. The van der Waals surface area contributed by atoms with Crippen molar-refractivity contribution in [1.82, 2.24) is 0 Å². The number of esters is 1. The second-order valence-electron chi connectivity index (χ2n) is 5.07. The Morgan fingerprint density at radius 2 is 2.28 bits per heavy atom. The molecule has 2 unspecified atom stereocenters. The Kier molecular flexibility index (Phi) is 3.44. The van der Waals surface area contributed by atoms with Gasteiger partial charge in [0.2, 0.25) is 0 Å². The van der Waals surface area contributed by atoms with Crippen molar-refractivity contribution in [2.24, 2.45) is 5.92 Å². The van der Waals surface area contributed by atoms with Crippen molar-refractivity contribution in [3.8, 4) is 0 Å². The van der Waals surface area contributed by atoms with Crippen LogP contribution in [-0.4, -0.2) is 18.2 Å². The minimum atomic E-state index is -1.07. The van der Waals surface area contributed by atoms with E-state index in [0.29, 0.717) is 12.8 Å². The van der Waals surface area contributed by atoms with E-state index in [2.05, 4.69) is 0 Å². The van der Waals surface area contributed by atoms with Gasteiger partial charge in [0.25, 0.3) is 0 Å². The summed E-state index contributed by atoms with van der Waals surface area (Å²) in [5, 5.41) is 10.9. The zero-order valence-electron chi connectivity index (χ0n) is 11.2. The van der Waals surface area contributed by atoms with Crippen LogP contribution in [0.15, 0.2) is 18.2 Å². The normalized spacial score (nSPS) is 23.6. The fourth-order valence-electron chi connectivity index (χ4n) is 2.97. The van der Waals surface area contributed by atoms with Crippen LogP contribution in [0.1, 0.15) is 36.5 Å². The number of aryl methyl sites for hydroxylation is 2. The smallest absolute Gasteiger partial charge is 0.311 e. The molecule has 1 aromatic rings. The lowest BCUT2D eigenvalue weighted by Crippen LogP contribution is -2.38. The SMILES string of the molecule is CCC(C(=O)OC)C1(O)CCc2ccc(C)cc21. The molecule has 1 aliphatic rings. The minimum absolute atomic E-state index is 0.325. The van der Waals surface area contributed by atoms with Gasteiger partial charge in [0.1, 0.15) is 5.60 Å². The van der Waals surface area contributed by atoms with E-state index in [9.17, 15) is 9.90 Å². The molecule has 2 atom stereocenters. The van der Waals surface area contributed by atoms with Crippen LogP contribution in [0.25, 0.3) is 0 Å². The third-order valence-electron chi connectivity index (χ3n) is 3.98. The molecule has 0 amide bonds. The summed E-state index contributed by atoms with van der Waals surface area (Å²) < 4.78 is 4.83. The number of carbonyl (C=O) groups excluding carboxylic acids is 1. The van der Waals surface area contributed by atoms with Crippen molar-refractivity contribution < 1.29 is 14.6 Å². The largest absolute Gasteiger partial charge is 0.469 e. The van der Waals surface area contributed by atoms with Gasteiger partial charge in [0, 0.05) is 0 Å². The van der Waals surface area contributed by atoms with Crippen LogP contribution < -0.4 is 0 Å². The maximum absolute atomic E-state index is 11.8. The third kappa shape index (κ3) is 1.93. The molecular formula is C15H20O3. The fourth-order valence-corrected chi connectivity index (χ4v) is 2.97. The number of rotatable bonds is 3. The summed E-state index contributed by atoms with van der Waals surface area (Å²) in [5.41, 5.74) is 2.09. The first-order chi connectivity index (χ1) is 8.52. The highest BCUT2D eigenvalue weighted by atomic mass is 16.5. The zero-order valence-corrected chi connectivity index (χ0v) is 11.2. The second kappa shape index (κ2) is 4.73. The maximum atomic E-state index is 11.8. The molecular weight excluding hydrogens is 228 g/mol. The molecule has 0 fully saturated rings. The van der Waals surface area contributed by atoms with E-state index in [1.54, 1.807) is 0 Å². The first-order valence-electron chi connectivity index (χ1n) is 6.43. The lowest BCUT2D eigenvalue weighted by atomic mass is 9.80. The third-order valence-corrected chi connectivity index (χ3v) is 3.98. The summed E-state index contributed by atoms with van der Waals surface area (Å²) >= 11 is 0. The van der Waals surface area contributed by atoms with Crippen LogP contribution in [0.4, 0.5) is 0 Å². The fraction of sp³-hybridized carbons (Fsp3) is 0.533. The van der Waals surface area contributed by atoms with Crippen molar-refractivity contribution in [1.29, 1.82) is 0 Å². The minimum Gasteiger partial charge on any atom is -0.469 e. The summed E-state index contributed by atoms with van der Waals surface area (Å²) in [6, 6.07) is 6.09. The zero-order chi connectivity index (χ0) is 13.3. The topological polar surface area (TPSA) is 46.5 Å². The lowest BCUT2D eigenvalue weighted by molar-refractivity contribution is -0.157. The highest BCUT2D eigenvalue weighted by Gasteiger charge is 2.46. The molecule has 0 radical (unpaired) electrons. The summed E-state index contributed by atoms with van der Waals surface area (Å²) in [6.07, 6.45) is 2.00. The quantitative estimate of drug-likeness (QED) is 0.835. The van der Waals surface area contributed by atoms with E-state index in [1.807, 2.05) is 32.0 Å². The molecule has 18 heavy (non-hydrogen) atoms. The van der Waals surface area contributed by atoms with Gasteiger partial charge in [-0.1, -0.05) is 30.7 Å². The van der Waals surface area contributed by atoms with E-state index in [-0.39, 0.29) is 5.97 Å². The van der Waals surface area contributed by atoms with Crippen molar-refractivity contribution in [2.75, 3.05) is 7.11 Å². The molecule has 0 aliphatic heterocycles. The average molecular weight is 248 g/mol. The van der Waals surface area contributed by atoms with Crippen molar-refractivity contribution >= 4 is 5.97 Å². The second-order valence-corrected chi connectivity index (χ2v) is 5.07. The molecule has 1 aromatic carbocycles. The van der Waals surface area contributed by atoms with Crippen LogP contribution in [0.5, 0.6) is 0 Å². The first kappa shape index (κ1) is 13.1. The van der Waals surface area contributed by atoms with Crippen LogP contribution in [0.2, 0.25) is 0 Å². The van der Waals surface area contributed by atoms with Gasteiger partial charge in [-0.3, -0.25) is 4.79 Å². The molecule has 0 spiro atoms. The van der Waals surface area contributed by atoms with Crippen LogP contribution in [0.3, 0.4) is 0 Å². The number of benzene rings is 1. The van der Waals surface area contributed by atoms with E-state index in [0.717, 1.165) is 23.1 Å². The molecule has 98 valence electrons. The molecule has 0 aromatic heterocycles. The number of hydrogen-bond donors (Lipinski definition) is 1. The highest BCUT2D eigenvalue weighted by molar-refractivity contribution is 5.74. The monoisotopic (exact) mass is 248 g/mol. The molecule has 1 N–H and O–H groups in total. The van der Waals surface area contributed by atoms with Gasteiger partial charge < -0.3 is 9.84 Å². The van der Waals surface area contributed by atoms with E-state index < -0.39 is 11.5 Å².